The van der Waals surface area contributed by atoms with Gasteiger partial charge in [0, 0.05) is 25.0 Å². The number of benzene rings is 1. The van der Waals surface area contributed by atoms with Gasteiger partial charge in [-0.3, -0.25) is 4.57 Å². The molecule has 2 aromatic rings. The summed E-state index contributed by atoms with van der Waals surface area (Å²) in [7, 11) is 0. The van der Waals surface area contributed by atoms with Crippen molar-refractivity contribution < 1.29 is 4.79 Å². The van der Waals surface area contributed by atoms with Gasteiger partial charge in [-0.05, 0) is 17.7 Å². The number of nitriles is 1. The minimum atomic E-state index is -0.261. The molecule has 1 aromatic heterocycles. The van der Waals surface area contributed by atoms with E-state index in [1.165, 1.54) is 15.9 Å². The number of imidazole rings is 1. The lowest BCUT2D eigenvalue weighted by Gasteiger charge is -2.22. The number of hydrogen-bond donors (Lipinski definition) is 0. The quantitative estimate of drug-likeness (QED) is 0.792. The van der Waals surface area contributed by atoms with Crippen molar-refractivity contribution in [1.29, 1.82) is 5.26 Å². The SMILES string of the molecule is N#Cc1cccc(C2CC=NN2C(=O)n2ccnc2)c1. The molecule has 1 aliphatic rings. The maximum absolute atomic E-state index is 12.3. The fourth-order valence-corrected chi connectivity index (χ4v) is 2.18. The molecule has 0 aliphatic carbocycles. The van der Waals surface area contributed by atoms with Gasteiger partial charge in [0.2, 0.25) is 0 Å². The molecule has 1 aromatic carbocycles. The predicted octanol–water partition coefficient (Wildman–Crippen LogP) is 2.16. The molecule has 1 atom stereocenters. The lowest BCUT2D eigenvalue weighted by Crippen LogP contribution is -2.30. The second kappa shape index (κ2) is 4.97. The van der Waals surface area contributed by atoms with Crippen LogP contribution >= 0.6 is 0 Å². The van der Waals surface area contributed by atoms with Gasteiger partial charge in [0.25, 0.3) is 0 Å². The molecule has 0 fully saturated rings. The van der Waals surface area contributed by atoms with Crippen LogP contribution in [0.2, 0.25) is 0 Å². The van der Waals surface area contributed by atoms with Gasteiger partial charge in [-0.25, -0.2) is 14.8 Å². The number of hydrogen-bond acceptors (Lipinski definition) is 4. The molecule has 2 heterocycles. The smallest absolute Gasteiger partial charge is 0.257 e. The molecule has 0 N–H and O–H groups in total. The summed E-state index contributed by atoms with van der Waals surface area (Å²) in [5.41, 5.74) is 1.47. The molecule has 0 bridgehead atoms. The van der Waals surface area contributed by atoms with Crippen molar-refractivity contribution in [3.63, 3.8) is 0 Å². The second-order valence-corrected chi connectivity index (χ2v) is 4.38. The van der Waals surface area contributed by atoms with Crippen molar-refractivity contribution in [3.8, 4) is 6.07 Å². The van der Waals surface area contributed by atoms with Gasteiger partial charge in [-0.1, -0.05) is 12.1 Å². The Bertz CT molecular complexity index is 699. The normalized spacial score (nSPS) is 17.1. The van der Waals surface area contributed by atoms with E-state index < -0.39 is 0 Å². The molecule has 1 amide bonds. The molecule has 6 heteroatoms. The average Bonchev–Trinajstić information content (AvgIpc) is 3.17. The highest BCUT2D eigenvalue weighted by Gasteiger charge is 2.29. The molecule has 3 rings (SSSR count). The van der Waals surface area contributed by atoms with Crippen LogP contribution in [0.4, 0.5) is 4.79 Å². The fraction of sp³-hybridized carbons (Fsp3) is 0.143. The third-order valence-corrected chi connectivity index (χ3v) is 3.15. The maximum atomic E-state index is 12.3. The summed E-state index contributed by atoms with van der Waals surface area (Å²) in [6.07, 6.45) is 6.91. The van der Waals surface area contributed by atoms with E-state index in [1.54, 1.807) is 30.7 Å². The van der Waals surface area contributed by atoms with E-state index in [-0.39, 0.29) is 12.1 Å². The number of hydrazone groups is 1. The zero-order chi connectivity index (χ0) is 13.9. The van der Waals surface area contributed by atoms with E-state index in [0.717, 1.165) is 5.56 Å². The Balaban J connectivity index is 1.90. The molecule has 0 saturated heterocycles. The van der Waals surface area contributed by atoms with Crippen LogP contribution in [-0.4, -0.2) is 26.8 Å². The second-order valence-electron chi connectivity index (χ2n) is 4.38. The van der Waals surface area contributed by atoms with Crippen LogP contribution in [0.5, 0.6) is 0 Å². The van der Waals surface area contributed by atoms with Gasteiger partial charge in [0.15, 0.2) is 0 Å². The van der Waals surface area contributed by atoms with Crippen LogP contribution in [0.15, 0.2) is 48.1 Å². The van der Waals surface area contributed by atoms with Crippen molar-refractivity contribution in [2.24, 2.45) is 5.10 Å². The summed E-state index contributed by atoms with van der Waals surface area (Å²) < 4.78 is 1.38. The largest absolute Gasteiger partial charge is 0.350 e. The molecule has 6 nitrogen and oxygen atoms in total. The molecule has 0 spiro atoms. The van der Waals surface area contributed by atoms with Crippen molar-refractivity contribution in [2.45, 2.75) is 12.5 Å². The minimum absolute atomic E-state index is 0.182. The first kappa shape index (κ1) is 12.1. The van der Waals surface area contributed by atoms with Crippen LogP contribution in [-0.2, 0) is 0 Å². The van der Waals surface area contributed by atoms with Crippen LogP contribution in [0, 0.1) is 11.3 Å². The first-order chi connectivity index (χ1) is 9.79. The standard InChI is InChI=1S/C14H11N5O/c15-9-11-2-1-3-12(8-11)13-4-5-17-19(13)14(20)18-7-6-16-10-18/h1-3,5-8,10,13H,4H2. The molecular weight excluding hydrogens is 254 g/mol. The van der Waals surface area contributed by atoms with E-state index in [1.807, 2.05) is 12.1 Å². The Morgan fingerprint density at radius 1 is 1.45 bits per heavy atom. The van der Waals surface area contributed by atoms with Gasteiger partial charge in [0.1, 0.15) is 6.33 Å². The van der Waals surface area contributed by atoms with E-state index in [0.29, 0.717) is 12.0 Å². The molecule has 0 saturated carbocycles. The van der Waals surface area contributed by atoms with Crippen LogP contribution in [0.25, 0.3) is 0 Å². The Morgan fingerprint density at radius 3 is 3.10 bits per heavy atom. The number of carbonyl (C=O) groups excluding carboxylic acids is 1. The summed E-state index contributed by atoms with van der Waals surface area (Å²) >= 11 is 0. The van der Waals surface area contributed by atoms with Crippen molar-refractivity contribution >= 4 is 12.2 Å². The molecule has 20 heavy (non-hydrogen) atoms. The Kier molecular flexibility index (Phi) is 3.01. The summed E-state index contributed by atoms with van der Waals surface area (Å²) in [6.45, 7) is 0. The Labute approximate surface area is 115 Å². The molecule has 1 aliphatic heterocycles. The minimum Gasteiger partial charge on any atom is -0.257 e. The van der Waals surface area contributed by atoms with Gasteiger partial charge in [-0.2, -0.15) is 10.4 Å². The molecule has 98 valence electrons. The zero-order valence-electron chi connectivity index (χ0n) is 10.5. The van der Waals surface area contributed by atoms with Gasteiger partial charge >= 0.3 is 6.03 Å². The van der Waals surface area contributed by atoms with E-state index in [9.17, 15) is 4.79 Å². The van der Waals surface area contributed by atoms with Crippen molar-refractivity contribution in [2.75, 3.05) is 0 Å². The summed E-state index contributed by atoms with van der Waals surface area (Å²) in [4.78, 5) is 16.2. The Hall–Kier alpha value is -2.94. The summed E-state index contributed by atoms with van der Waals surface area (Å²) in [5, 5.41) is 14.5. The lowest BCUT2D eigenvalue weighted by atomic mass is 10.0. The van der Waals surface area contributed by atoms with Crippen molar-refractivity contribution in [3.05, 3.63) is 54.1 Å². The number of rotatable bonds is 1. The maximum Gasteiger partial charge on any atom is 0.350 e. The van der Waals surface area contributed by atoms with Gasteiger partial charge in [0.05, 0.1) is 17.7 Å². The first-order valence-electron chi connectivity index (χ1n) is 6.13. The third kappa shape index (κ3) is 2.06. The monoisotopic (exact) mass is 265 g/mol. The predicted molar refractivity (Wildman–Crippen MR) is 71.9 cm³/mol. The van der Waals surface area contributed by atoms with E-state index in [2.05, 4.69) is 16.2 Å². The summed E-state index contributed by atoms with van der Waals surface area (Å²) in [6, 6.07) is 8.89. The van der Waals surface area contributed by atoms with E-state index in [4.69, 9.17) is 5.26 Å². The third-order valence-electron chi connectivity index (χ3n) is 3.15. The van der Waals surface area contributed by atoms with Crippen molar-refractivity contribution in [1.82, 2.24) is 14.6 Å². The highest BCUT2D eigenvalue weighted by atomic mass is 16.2. The molecule has 0 radical (unpaired) electrons. The number of aromatic nitrogens is 2. The van der Waals surface area contributed by atoms with Crippen LogP contribution < -0.4 is 0 Å². The van der Waals surface area contributed by atoms with Gasteiger partial charge < -0.3 is 0 Å². The number of nitrogens with zero attached hydrogens (tertiary/aromatic N) is 5. The topological polar surface area (TPSA) is 74.3 Å². The van der Waals surface area contributed by atoms with Crippen LogP contribution in [0.3, 0.4) is 0 Å². The van der Waals surface area contributed by atoms with Crippen LogP contribution in [0.1, 0.15) is 23.6 Å². The Morgan fingerprint density at radius 2 is 2.35 bits per heavy atom. The lowest BCUT2D eigenvalue weighted by molar-refractivity contribution is 0.188. The number of amides is 1. The highest BCUT2D eigenvalue weighted by molar-refractivity contribution is 5.80. The number of carbonyl (C=O) groups is 1. The fourth-order valence-electron chi connectivity index (χ4n) is 2.18. The summed E-state index contributed by atoms with van der Waals surface area (Å²) in [5.74, 6) is 0. The van der Waals surface area contributed by atoms with Gasteiger partial charge in [-0.15, -0.1) is 0 Å². The highest BCUT2D eigenvalue weighted by Crippen LogP contribution is 2.29. The average molecular weight is 265 g/mol. The molecular formula is C14H11N5O. The molecule has 1 unspecified atom stereocenters. The first-order valence-corrected chi connectivity index (χ1v) is 6.13. The zero-order valence-corrected chi connectivity index (χ0v) is 10.5. The van der Waals surface area contributed by atoms with E-state index >= 15 is 0 Å².